The molecular formula is C70H68N6. The van der Waals surface area contributed by atoms with Gasteiger partial charge in [-0.05, 0) is 246 Å². The van der Waals surface area contributed by atoms with Gasteiger partial charge in [0.05, 0.1) is 45.8 Å². The molecule has 3 heterocycles. The highest BCUT2D eigenvalue weighted by Crippen LogP contribution is 2.57. The van der Waals surface area contributed by atoms with Crippen LogP contribution in [0.1, 0.15) is 117 Å². The number of benzene rings is 8. The lowest BCUT2D eigenvalue weighted by Crippen LogP contribution is -2.26. The fourth-order valence-corrected chi connectivity index (χ4v) is 12.7. The second kappa shape index (κ2) is 18.6. The quantitative estimate of drug-likeness (QED) is 0.165. The minimum Gasteiger partial charge on any atom is -0.309 e. The summed E-state index contributed by atoms with van der Waals surface area (Å²) < 4.78 is 0. The van der Waals surface area contributed by atoms with Crippen LogP contribution in [0.2, 0.25) is 0 Å². The van der Waals surface area contributed by atoms with Crippen molar-refractivity contribution < 1.29 is 0 Å². The second-order valence-electron chi connectivity index (χ2n) is 21.9. The van der Waals surface area contributed by atoms with Crippen LogP contribution in [0.15, 0.2) is 97.1 Å². The number of hydrogen-bond acceptors (Lipinski definition) is 6. The molecule has 9 aromatic rings. The van der Waals surface area contributed by atoms with Gasteiger partial charge >= 0.3 is 0 Å². The predicted octanol–water partition coefficient (Wildman–Crippen LogP) is 18.1. The molecule has 0 atom stereocenters. The van der Waals surface area contributed by atoms with E-state index in [2.05, 4.69) is 181 Å². The van der Waals surface area contributed by atoms with Gasteiger partial charge in [-0.3, -0.25) is 0 Å². The molecule has 0 amide bonds. The molecule has 0 fully saturated rings. The number of rotatable bonds is 6. The smallest absolute Gasteiger partial charge is 0.164 e. The Hall–Kier alpha value is -8.14. The Morgan fingerprint density at radius 3 is 1.04 bits per heavy atom. The van der Waals surface area contributed by atoms with Crippen LogP contribution in [0.4, 0.5) is 34.1 Å². The van der Waals surface area contributed by atoms with Gasteiger partial charge < -0.3 is 9.80 Å². The molecule has 2 aliphatic rings. The zero-order valence-corrected chi connectivity index (χ0v) is 47.3. The number of nitrogens with zero attached hydrogens (tertiary/aromatic N) is 6. The maximum absolute atomic E-state index is 11.0. The first kappa shape index (κ1) is 50.0. The lowest BCUT2D eigenvalue weighted by Gasteiger charge is -2.42. The standard InChI is InChI=1S/C70H68N6/c1-36-40(5)48(13)64-57(44(36)9)33-58-45(10)37(2)41(6)49(14)65(58)75(64)62-30-27-52(35-71)31-61(62)56-29-28-55(70-73-68(53-23-19-17-20-24-53)72-69(74-70)54-25-21-18-22-26-54)32-63(56)76-66-50(15)42(7)38(3)46(11)59(66)34-60-47(12)39(4)43(8)51(16)67(60)76/h17-32H,33-34H2,1-16H3. The summed E-state index contributed by atoms with van der Waals surface area (Å²) in [5, 5.41) is 11.0. The summed E-state index contributed by atoms with van der Waals surface area (Å²) in [5.41, 5.74) is 38.5. The molecule has 6 nitrogen and oxygen atoms in total. The van der Waals surface area contributed by atoms with E-state index < -0.39 is 0 Å². The van der Waals surface area contributed by atoms with Crippen molar-refractivity contribution in [3.8, 4) is 51.4 Å². The average Bonchev–Trinajstić information content (AvgIpc) is 3.52. The van der Waals surface area contributed by atoms with Crippen molar-refractivity contribution in [1.82, 2.24) is 15.0 Å². The van der Waals surface area contributed by atoms with Gasteiger partial charge in [0.15, 0.2) is 17.5 Å². The van der Waals surface area contributed by atoms with Crippen LogP contribution < -0.4 is 9.80 Å². The number of anilines is 6. The average molecular weight is 993 g/mol. The summed E-state index contributed by atoms with van der Waals surface area (Å²) in [6, 6.07) is 36.2. The molecule has 0 unspecified atom stereocenters. The van der Waals surface area contributed by atoms with Gasteiger partial charge in [-0.25, -0.2) is 15.0 Å². The molecule has 0 aliphatic carbocycles. The van der Waals surface area contributed by atoms with E-state index in [1.165, 1.54) is 134 Å². The first-order chi connectivity index (χ1) is 36.3. The van der Waals surface area contributed by atoms with Gasteiger partial charge in [-0.2, -0.15) is 5.26 Å². The number of aromatic nitrogens is 3. The maximum atomic E-state index is 11.0. The molecule has 0 bridgehead atoms. The molecule has 6 heteroatoms. The van der Waals surface area contributed by atoms with Crippen LogP contribution in [0.3, 0.4) is 0 Å². The fourth-order valence-electron chi connectivity index (χ4n) is 12.7. The maximum Gasteiger partial charge on any atom is 0.164 e. The molecule has 0 saturated heterocycles. The highest BCUT2D eigenvalue weighted by Gasteiger charge is 2.37. The van der Waals surface area contributed by atoms with Gasteiger partial charge in [-0.1, -0.05) is 72.8 Å². The Bertz CT molecular complexity index is 3810. The molecule has 1 aromatic heterocycles. The van der Waals surface area contributed by atoms with Crippen molar-refractivity contribution in [3.05, 3.63) is 214 Å². The zero-order chi connectivity index (χ0) is 53.9. The fraction of sp³-hybridized carbons (Fsp3) is 0.257. The summed E-state index contributed by atoms with van der Waals surface area (Å²) in [7, 11) is 0. The SMILES string of the molecule is Cc1c(C)c(C)c2c(c1C)Cc1c(C)c(C)c(C)c(C)c1N2c1ccc(C#N)cc1-c1ccc(-c2nc(-c3ccccc3)nc(-c3ccccc3)n2)cc1N1c2c(C)c(C)c(C)c(C)c2Cc2c(C)c(C)c(C)c(C)c21. The Kier molecular flexibility index (Phi) is 12.2. The van der Waals surface area contributed by atoms with Crippen molar-refractivity contribution in [1.29, 1.82) is 5.26 Å². The summed E-state index contributed by atoms with van der Waals surface area (Å²) in [6.45, 7) is 36.7. The lowest BCUT2D eigenvalue weighted by molar-refractivity contribution is 0.994. The highest BCUT2D eigenvalue weighted by molar-refractivity contribution is 6.02. The van der Waals surface area contributed by atoms with Crippen LogP contribution in [0.25, 0.3) is 45.3 Å². The normalized spacial score (nSPS) is 12.6. The van der Waals surface area contributed by atoms with Gasteiger partial charge in [0.25, 0.3) is 0 Å². The Labute approximate surface area is 450 Å². The molecular weight excluding hydrogens is 925 g/mol. The Morgan fingerprint density at radius 2 is 0.671 bits per heavy atom. The second-order valence-corrected chi connectivity index (χ2v) is 21.9. The van der Waals surface area contributed by atoms with E-state index in [1.807, 2.05) is 42.5 Å². The van der Waals surface area contributed by atoms with E-state index in [9.17, 15) is 5.26 Å². The van der Waals surface area contributed by atoms with Crippen molar-refractivity contribution in [2.75, 3.05) is 9.80 Å². The number of fused-ring (bicyclic) bond motifs is 4. The van der Waals surface area contributed by atoms with E-state index in [-0.39, 0.29) is 0 Å². The third kappa shape index (κ3) is 7.53. The van der Waals surface area contributed by atoms with Gasteiger partial charge in [-0.15, -0.1) is 0 Å². The first-order valence-corrected chi connectivity index (χ1v) is 26.9. The predicted molar refractivity (Wildman–Crippen MR) is 317 cm³/mol. The van der Waals surface area contributed by atoms with Crippen molar-refractivity contribution >= 4 is 34.1 Å². The van der Waals surface area contributed by atoms with E-state index in [4.69, 9.17) is 15.0 Å². The van der Waals surface area contributed by atoms with E-state index in [0.29, 0.717) is 23.0 Å². The first-order valence-electron chi connectivity index (χ1n) is 26.9. The van der Waals surface area contributed by atoms with Crippen LogP contribution in [0.5, 0.6) is 0 Å². The van der Waals surface area contributed by atoms with Crippen LogP contribution in [-0.2, 0) is 12.8 Å². The van der Waals surface area contributed by atoms with Crippen molar-refractivity contribution in [2.45, 2.75) is 124 Å². The minimum absolute atomic E-state index is 0.581. The number of nitriles is 1. The van der Waals surface area contributed by atoms with Gasteiger partial charge in [0.1, 0.15) is 0 Å². The Balaban J connectivity index is 1.31. The van der Waals surface area contributed by atoms with E-state index in [1.54, 1.807) is 0 Å². The van der Waals surface area contributed by atoms with E-state index in [0.717, 1.165) is 52.0 Å². The number of hydrogen-bond donors (Lipinski definition) is 0. The monoisotopic (exact) mass is 993 g/mol. The summed E-state index contributed by atoms with van der Waals surface area (Å²) in [6.07, 6.45) is 1.68. The molecule has 0 spiro atoms. The topological polar surface area (TPSA) is 68.9 Å². The summed E-state index contributed by atoms with van der Waals surface area (Å²) in [5.74, 6) is 1.80. The third-order valence-corrected chi connectivity index (χ3v) is 18.6. The molecule has 11 rings (SSSR count). The summed E-state index contributed by atoms with van der Waals surface area (Å²) in [4.78, 5) is 21.0. The molecule has 0 radical (unpaired) electrons. The molecule has 0 saturated carbocycles. The largest absolute Gasteiger partial charge is 0.309 e. The van der Waals surface area contributed by atoms with Crippen LogP contribution >= 0.6 is 0 Å². The summed E-state index contributed by atoms with van der Waals surface area (Å²) >= 11 is 0. The molecule has 8 aromatic carbocycles. The van der Waals surface area contributed by atoms with Gasteiger partial charge in [0, 0.05) is 40.7 Å². The van der Waals surface area contributed by atoms with Gasteiger partial charge in [0.2, 0.25) is 0 Å². The highest BCUT2D eigenvalue weighted by atomic mass is 15.2. The molecule has 0 N–H and O–H groups in total. The van der Waals surface area contributed by atoms with Crippen LogP contribution in [0, 0.1) is 122 Å². The lowest BCUT2D eigenvalue weighted by atomic mass is 9.80. The minimum atomic E-state index is 0.581. The van der Waals surface area contributed by atoms with Crippen molar-refractivity contribution in [3.63, 3.8) is 0 Å². The van der Waals surface area contributed by atoms with Crippen molar-refractivity contribution in [2.24, 2.45) is 0 Å². The molecule has 378 valence electrons. The van der Waals surface area contributed by atoms with Crippen LogP contribution in [-0.4, -0.2) is 15.0 Å². The zero-order valence-electron chi connectivity index (χ0n) is 47.3. The molecule has 2 aliphatic heterocycles. The Morgan fingerprint density at radius 1 is 0.329 bits per heavy atom. The third-order valence-electron chi connectivity index (χ3n) is 18.6. The van der Waals surface area contributed by atoms with E-state index >= 15 is 0 Å². The molecule has 76 heavy (non-hydrogen) atoms.